The first-order chi connectivity index (χ1) is 15.1. The normalized spacial score (nSPS) is 11.5. The molecule has 0 unspecified atom stereocenters. The molecule has 0 N–H and O–H groups in total. The fourth-order valence-corrected chi connectivity index (χ4v) is 3.75. The van der Waals surface area contributed by atoms with E-state index >= 15 is 0 Å². The second-order valence-electron chi connectivity index (χ2n) is 6.28. The molecule has 0 atom stereocenters. The van der Waals surface area contributed by atoms with E-state index in [1.165, 1.54) is 11.3 Å². The Morgan fingerprint density at radius 3 is 2.19 bits per heavy atom. The molecule has 0 aliphatic rings. The molecular formula is C23H25N3O4S. The van der Waals surface area contributed by atoms with Gasteiger partial charge in [0.1, 0.15) is 5.75 Å². The van der Waals surface area contributed by atoms with E-state index < -0.39 is 0 Å². The Morgan fingerprint density at radius 2 is 1.65 bits per heavy atom. The lowest BCUT2D eigenvalue weighted by Crippen LogP contribution is -2.12. The standard InChI is InChI=1S/C23H25N3O4S/c1-6-11-24-23-26(25-14-16-7-9-18(27-2)10-8-16)19(15-31-23)17-12-20(28-3)22(30-5)21(13-17)29-4/h6-10,12-15H,1,11H2,2-5H3. The van der Waals surface area contributed by atoms with E-state index in [2.05, 4.69) is 11.6 Å². The zero-order valence-corrected chi connectivity index (χ0v) is 18.8. The number of benzene rings is 2. The topological polar surface area (TPSA) is 66.6 Å². The van der Waals surface area contributed by atoms with Crippen LogP contribution in [0.15, 0.2) is 64.5 Å². The molecule has 0 radical (unpaired) electrons. The molecule has 7 nitrogen and oxygen atoms in total. The summed E-state index contributed by atoms with van der Waals surface area (Å²) >= 11 is 1.49. The summed E-state index contributed by atoms with van der Waals surface area (Å²) in [6, 6.07) is 11.4. The second kappa shape index (κ2) is 10.5. The molecule has 2 aromatic carbocycles. The Bertz CT molecular complexity index is 1110. The van der Waals surface area contributed by atoms with Gasteiger partial charge in [0.25, 0.3) is 0 Å². The smallest absolute Gasteiger partial charge is 0.206 e. The van der Waals surface area contributed by atoms with Crippen LogP contribution in [0.25, 0.3) is 11.3 Å². The SMILES string of the molecule is C=CCN=c1scc(-c2cc(OC)c(OC)c(OC)c2)n1N=Cc1ccc(OC)cc1. The highest BCUT2D eigenvalue weighted by atomic mass is 32.1. The van der Waals surface area contributed by atoms with Crippen molar-refractivity contribution in [2.45, 2.75) is 0 Å². The number of methoxy groups -OCH3 is 4. The molecule has 0 fully saturated rings. The molecule has 0 amide bonds. The van der Waals surface area contributed by atoms with Gasteiger partial charge in [-0.3, -0.25) is 4.99 Å². The molecule has 31 heavy (non-hydrogen) atoms. The van der Waals surface area contributed by atoms with Gasteiger partial charge in [0, 0.05) is 10.9 Å². The molecule has 0 spiro atoms. The predicted octanol–water partition coefficient (Wildman–Crippen LogP) is 4.22. The number of aromatic nitrogens is 1. The molecule has 0 saturated carbocycles. The molecule has 1 aromatic heterocycles. The van der Waals surface area contributed by atoms with E-state index in [0.29, 0.717) is 23.8 Å². The molecule has 3 rings (SSSR count). The van der Waals surface area contributed by atoms with E-state index in [0.717, 1.165) is 27.4 Å². The zero-order valence-electron chi connectivity index (χ0n) is 18.0. The first-order valence-electron chi connectivity index (χ1n) is 9.45. The third-order valence-corrected chi connectivity index (χ3v) is 5.29. The molecular weight excluding hydrogens is 414 g/mol. The van der Waals surface area contributed by atoms with Crippen LogP contribution < -0.4 is 23.7 Å². The van der Waals surface area contributed by atoms with E-state index in [1.54, 1.807) is 45.4 Å². The summed E-state index contributed by atoms with van der Waals surface area (Å²) in [5.41, 5.74) is 2.64. The van der Waals surface area contributed by atoms with Gasteiger partial charge in [-0.05, 0) is 42.0 Å². The van der Waals surface area contributed by atoms with Crippen molar-refractivity contribution in [1.29, 1.82) is 0 Å². The van der Waals surface area contributed by atoms with Gasteiger partial charge in [-0.25, -0.2) is 4.68 Å². The van der Waals surface area contributed by atoms with Gasteiger partial charge in [0.15, 0.2) is 11.5 Å². The van der Waals surface area contributed by atoms with E-state index in [4.69, 9.17) is 24.0 Å². The summed E-state index contributed by atoms with van der Waals surface area (Å²) in [4.78, 5) is 5.32. The lowest BCUT2D eigenvalue weighted by molar-refractivity contribution is 0.324. The summed E-state index contributed by atoms with van der Waals surface area (Å²) < 4.78 is 23.5. The minimum Gasteiger partial charge on any atom is -0.497 e. The molecule has 0 saturated heterocycles. The van der Waals surface area contributed by atoms with E-state index in [-0.39, 0.29) is 0 Å². The minimum absolute atomic E-state index is 0.493. The van der Waals surface area contributed by atoms with Crippen molar-refractivity contribution in [2.75, 3.05) is 35.0 Å². The van der Waals surface area contributed by atoms with Gasteiger partial charge in [-0.1, -0.05) is 6.08 Å². The predicted molar refractivity (Wildman–Crippen MR) is 124 cm³/mol. The Labute approximate surface area is 185 Å². The summed E-state index contributed by atoms with van der Waals surface area (Å²) in [6.45, 7) is 4.24. The van der Waals surface area contributed by atoms with Gasteiger partial charge >= 0.3 is 0 Å². The quantitative estimate of drug-likeness (QED) is 0.370. The van der Waals surface area contributed by atoms with Crippen LogP contribution >= 0.6 is 11.3 Å². The van der Waals surface area contributed by atoms with Crippen LogP contribution in [-0.2, 0) is 0 Å². The Balaban J connectivity index is 2.12. The highest BCUT2D eigenvalue weighted by Gasteiger charge is 2.17. The molecule has 0 bridgehead atoms. The number of rotatable bonds is 9. The van der Waals surface area contributed by atoms with Gasteiger partial charge in [0.2, 0.25) is 10.6 Å². The van der Waals surface area contributed by atoms with Crippen molar-refractivity contribution in [3.05, 3.63) is 64.8 Å². The second-order valence-corrected chi connectivity index (χ2v) is 7.11. The van der Waals surface area contributed by atoms with Crippen molar-refractivity contribution in [1.82, 2.24) is 4.68 Å². The maximum absolute atomic E-state index is 5.51. The summed E-state index contributed by atoms with van der Waals surface area (Å²) in [5, 5.41) is 6.69. The van der Waals surface area contributed by atoms with Crippen LogP contribution in [0.1, 0.15) is 5.56 Å². The number of hydrogen-bond donors (Lipinski definition) is 0. The highest BCUT2D eigenvalue weighted by molar-refractivity contribution is 7.07. The van der Waals surface area contributed by atoms with Gasteiger partial charge in [-0.15, -0.1) is 17.9 Å². The summed E-state index contributed by atoms with van der Waals surface area (Å²) in [5.74, 6) is 2.46. The fraction of sp³-hybridized carbons (Fsp3) is 0.217. The van der Waals surface area contributed by atoms with E-state index in [1.807, 2.05) is 41.8 Å². The van der Waals surface area contributed by atoms with Crippen LogP contribution in [0.2, 0.25) is 0 Å². The van der Waals surface area contributed by atoms with Crippen molar-refractivity contribution >= 4 is 17.6 Å². The highest BCUT2D eigenvalue weighted by Crippen LogP contribution is 2.41. The Hall–Kier alpha value is -3.52. The molecule has 0 aliphatic carbocycles. The number of thiazole rings is 1. The largest absolute Gasteiger partial charge is 0.497 e. The number of hydrogen-bond acceptors (Lipinski definition) is 7. The van der Waals surface area contributed by atoms with Crippen molar-refractivity contribution in [3.8, 4) is 34.3 Å². The molecule has 8 heteroatoms. The van der Waals surface area contributed by atoms with Crippen LogP contribution in [-0.4, -0.2) is 45.9 Å². The summed E-state index contributed by atoms with van der Waals surface area (Å²) in [6.07, 6.45) is 3.52. The van der Waals surface area contributed by atoms with Gasteiger partial charge in [-0.2, -0.15) is 5.10 Å². The molecule has 1 heterocycles. The van der Waals surface area contributed by atoms with Crippen LogP contribution in [0.5, 0.6) is 23.0 Å². The lowest BCUT2D eigenvalue weighted by atomic mass is 10.1. The van der Waals surface area contributed by atoms with E-state index in [9.17, 15) is 0 Å². The van der Waals surface area contributed by atoms with Gasteiger partial charge in [0.05, 0.1) is 46.9 Å². The first-order valence-corrected chi connectivity index (χ1v) is 10.3. The van der Waals surface area contributed by atoms with Crippen molar-refractivity contribution < 1.29 is 18.9 Å². The van der Waals surface area contributed by atoms with Crippen LogP contribution in [0, 0.1) is 0 Å². The lowest BCUT2D eigenvalue weighted by Gasteiger charge is -2.14. The van der Waals surface area contributed by atoms with Gasteiger partial charge < -0.3 is 18.9 Å². The maximum Gasteiger partial charge on any atom is 0.206 e. The third-order valence-electron chi connectivity index (χ3n) is 4.44. The monoisotopic (exact) mass is 439 g/mol. The van der Waals surface area contributed by atoms with Crippen LogP contribution in [0.4, 0.5) is 0 Å². The number of ether oxygens (including phenoxy) is 4. The Morgan fingerprint density at radius 1 is 0.968 bits per heavy atom. The minimum atomic E-state index is 0.493. The summed E-state index contributed by atoms with van der Waals surface area (Å²) in [7, 11) is 6.41. The molecule has 0 aliphatic heterocycles. The molecule has 3 aromatic rings. The average Bonchev–Trinajstić information content (AvgIpc) is 3.23. The average molecular weight is 440 g/mol. The van der Waals surface area contributed by atoms with Crippen LogP contribution in [0.3, 0.4) is 0 Å². The zero-order chi connectivity index (χ0) is 22.2. The third kappa shape index (κ3) is 4.97. The van der Waals surface area contributed by atoms with Crippen molar-refractivity contribution in [3.63, 3.8) is 0 Å². The fourth-order valence-electron chi connectivity index (χ4n) is 2.90. The van der Waals surface area contributed by atoms with Crippen molar-refractivity contribution in [2.24, 2.45) is 10.1 Å². The molecule has 162 valence electrons. The maximum atomic E-state index is 5.51. The Kier molecular flexibility index (Phi) is 7.50. The first kappa shape index (κ1) is 22.2. The number of nitrogens with zero attached hydrogens (tertiary/aromatic N) is 3.